The second kappa shape index (κ2) is 10.5. The third-order valence-electron chi connectivity index (χ3n) is 5.63. The van der Waals surface area contributed by atoms with E-state index in [0.717, 1.165) is 19.3 Å². The molecule has 3 rings (SSSR count). The number of aromatic nitrogens is 3. The predicted molar refractivity (Wildman–Crippen MR) is 123 cm³/mol. The number of thioether (sulfide) groups is 1. The first-order valence-electron chi connectivity index (χ1n) is 10.7. The molecule has 1 aliphatic carbocycles. The highest BCUT2D eigenvalue weighted by Gasteiger charge is 2.24. The Morgan fingerprint density at radius 2 is 1.94 bits per heavy atom. The zero-order valence-corrected chi connectivity index (χ0v) is 20.0. The smallest absolute Gasteiger partial charge is 0.232 e. The van der Waals surface area contributed by atoms with Crippen LogP contribution in [0, 0.1) is 5.92 Å². The van der Waals surface area contributed by atoms with Crippen molar-refractivity contribution in [1.29, 1.82) is 0 Å². The van der Waals surface area contributed by atoms with E-state index >= 15 is 0 Å². The van der Waals surface area contributed by atoms with Gasteiger partial charge in [-0.2, -0.15) is 0 Å². The molecule has 1 fully saturated rings. The van der Waals surface area contributed by atoms with Gasteiger partial charge in [-0.05, 0) is 37.8 Å². The van der Waals surface area contributed by atoms with Crippen LogP contribution in [0.4, 0.5) is 5.69 Å². The predicted octanol–water partition coefficient (Wildman–Crippen LogP) is 3.05. The maximum absolute atomic E-state index is 12.5. The molecule has 2 aromatic rings. The van der Waals surface area contributed by atoms with E-state index in [4.69, 9.17) is 0 Å². The van der Waals surface area contributed by atoms with Gasteiger partial charge in [0, 0.05) is 12.6 Å². The summed E-state index contributed by atoms with van der Waals surface area (Å²) in [6, 6.07) is 9.18. The summed E-state index contributed by atoms with van der Waals surface area (Å²) in [6.45, 7) is 4.81. The van der Waals surface area contributed by atoms with Gasteiger partial charge in [0.15, 0.2) is 11.0 Å². The van der Waals surface area contributed by atoms with Gasteiger partial charge in [0.25, 0.3) is 0 Å². The number of nitrogens with zero attached hydrogens (tertiary/aromatic N) is 4. The third kappa shape index (κ3) is 6.22. The summed E-state index contributed by atoms with van der Waals surface area (Å²) in [5, 5.41) is 12.2. The molecule has 1 N–H and O–H groups in total. The molecule has 170 valence electrons. The van der Waals surface area contributed by atoms with Crippen molar-refractivity contribution < 1.29 is 13.2 Å². The van der Waals surface area contributed by atoms with Crippen molar-refractivity contribution in [2.75, 3.05) is 16.3 Å². The lowest BCUT2D eigenvalue weighted by atomic mass is 9.86. The van der Waals surface area contributed by atoms with Crippen LogP contribution in [0.3, 0.4) is 0 Å². The van der Waals surface area contributed by atoms with Crippen molar-refractivity contribution in [3.8, 4) is 0 Å². The Morgan fingerprint density at radius 1 is 1.23 bits per heavy atom. The van der Waals surface area contributed by atoms with Crippen LogP contribution < -0.4 is 9.62 Å². The van der Waals surface area contributed by atoms with E-state index in [9.17, 15) is 13.2 Å². The molecule has 1 aliphatic rings. The standard InChI is InChI=1S/C21H31N5O3S2/c1-4-25-19(14-26(31(3,28)29)17-11-6-5-7-12-17)23-24-21(25)30-15-20(27)22-18-13-9-8-10-16(18)2/h5-7,11-12,16,18H,4,8-10,13-15H2,1-3H3,(H,22,27). The minimum atomic E-state index is -3.50. The van der Waals surface area contributed by atoms with Crippen molar-refractivity contribution in [3.63, 3.8) is 0 Å². The van der Waals surface area contributed by atoms with Crippen LogP contribution in [-0.4, -0.2) is 47.1 Å². The normalized spacial score (nSPS) is 19.2. The summed E-state index contributed by atoms with van der Waals surface area (Å²) < 4.78 is 27.9. The molecular formula is C21H31N5O3S2. The largest absolute Gasteiger partial charge is 0.352 e. The highest BCUT2D eigenvalue weighted by atomic mass is 32.2. The van der Waals surface area contributed by atoms with E-state index in [2.05, 4.69) is 22.4 Å². The van der Waals surface area contributed by atoms with Crippen molar-refractivity contribution in [1.82, 2.24) is 20.1 Å². The van der Waals surface area contributed by atoms with E-state index in [1.807, 2.05) is 17.6 Å². The summed E-state index contributed by atoms with van der Waals surface area (Å²) in [5.41, 5.74) is 0.575. The van der Waals surface area contributed by atoms with Gasteiger partial charge in [-0.25, -0.2) is 8.42 Å². The minimum absolute atomic E-state index is 0.00185. The third-order valence-corrected chi connectivity index (χ3v) is 7.74. The van der Waals surface area contributed by atoms with Gasteiger partial charge in [-0.15, -0.1) is 10.2 Å². The molecule has 1 amide bonds. The molecule has 0 aliphatic heterocycles. The number of amides is 1. The SMILES string of the molecule is CCn1c(CN(c2ccccc2)S(C)(=O)=O)nnc1SCC(=O)NC1CCCCC1C. The summed E-state index contributed by atoms with van der Waals surface area (Å²) in [4.78, 5) is 12.5. The molecule has 1 aromatic heterocycles. The molecule has 2 atom stereocenters. The van der Waals surface area contributed by atoms with Gasteiger partial charge in [0.1, 0.15) is 0 Å². The topological polar surface area (TPSA) is 97.2 Å². The summed E-state index contributed by atoms with van der Waals surface area (Å²) in [7, 11) is -3.50. The van der Waals surface area contributed by atoms with Crippen molar-refractivity contribution >= 4 is 33.4 Å². The molecule has 2 unspecified atom stereocenters. The van der Waals surface area contributed by atoms with Crippen molar-refractivity contribution in [2.45, 2.75) is 63.8 Å². The highest BCUT2D eigenvalue weighted by Crippen LogP contribution is 2.25. The summed E-state index contributed by atoms with van der Waals surface area (Å²) in [5.74, 6) is 1.31. The molecule has 1 aromatic carbocycles. The fourth-order valence-corrected chi connectivity index (χ4v) is 5.58. The van der Waals surface area contributed by atoms with Gasteiger partial charge in [-0.3, -0.25) is 9.10 Å². The number of sulfonamides is 1. The van der Waals surface area contributed by atoms with Crippen LogP contribution in [0.1, 0.15) is 45.4 Å². The molecule has 0 saturated heterocycles. The van der Waals surface area contributed by atoms with Gasteiger partial charge in [0.05, 0.1) is 24.2 Å². The maximum atomic E-state index is 12.5. The average molecular weight is 466 g/mol. The van der Waals surface area contributed by atoms with Crippen LogP contribution in [0.15, 0.2) is 35.5 Å². The number of benzene rings is 1. The van der Waals surface area contributed by atoms with Gasteiger partial charge >= 0.3 is 0 Å². The van der Waals surface area contributed by atoms with Crippen LogP contribution in [0.2, 0.25) is 0 Å². The Kier molecular flexibility index (Phi) is 7.99. The molecule has 0 spiro atoms. The van der Waals surface area contributed by atoms with E-state index in [1.54, 1.807) is 24.3 Å². The number of hydrogen-bond acceptors (Lipinski definition) is 6. The minimum Gasteiger partial charge on any atom is -0.352 e. The van der Waals surface area contributed by atoms with Gasteiger partial charge in [-0.1, -0.05) is 49.7 Å². The van der Waals surface area contributed by atoms with Crippen LogP contribution in [0.25, 0.3) is 0 Å². The Balaban J connectivity index is 1.68. The van der Waals surface area contributed by atoms with Crippen molar-refractivity contribution in [2.24, 2.45) is 5.92 Å². The maximum Gasteiger partial charge on any atom is 0.232 e. The molecule has 10 heteroatoms. The zero-order chi connectivity index (χ0) is 22.4. The van der Waals surface area contributed by atoms with Crippen LogP contribution in [0.5, 0.6) is 0 Å². The van der Waals surface area contributed by atoms with E-state index < -0.39 is 10.0 Å². The van der Waals surface area contributed by atoms with Crippen LogP contribution in [-0.2, 0) is 27.9 Å². The molecular weight excluding hydrogens is 434 g/mol. The first kappa shape index (κ1) is 23.6. The Hall–Kier alpha value is -2.07. The quantitative estimate of drug-likeness (QED) is 0.572. The number of para-hydroxylation sites is 1. The monoisotopic (exact) mass is 465 g/mol. The summed E-state index contributed by atoms with van der Waals surface area (Å²) in [6.07, 6.45) is 5.77. The number of carbonyl (C=O) groups is 1. The Morgan fingerprint density at radius 3 is 2.58 bits per heavy atom. The van der Waals surface area contributed by atoms with E-state index in [-0.39, 0.29) is 24.2 Å². The molecule has 1 heterocycles. The first-order valence-corrected chi connectivity index (χ1v) is 13.5. The van der Waals surface area contributed by atoms with Crippen molar-refractivity contribution in [3.05, 3.63) is 36.2 Å². The lowest BCUT2D eigenvalue weighted by Gasteiger charge is -2.29. The second-order valence-corrected chi connectivity index (χ2v) is 10.8. The average Bonchev–Trinajstić information content (AvgIpc) is 3.13. The fourth-order valence-electron chi connectivity index (χ4n) is 3.89. The summed E-state index contributed by atoms with van der Waals surface area (Å²) >= 11 is 1.33. The van der Waals surface area contributed by atoms with Gasteiger partial charge < -0.3 is 9.88 Å². The zero-order valence-electron chi connectivity index (χ0n) is 18.3. The number of anilines is 1. The number of hydrogen-bond donors (Lipinski definition) is 1. The highest BCUT2D eigenvalue weighted by molar-refractivity contribution is 7.99. The van der Waals surface area contributed by atoms with E-state index in [1.165, 1.54) is 28.7 Å². The fraction of sp³-hybridized carbons (Fsp3) is 0.571. The lowest BCUT2D eigenvalue weighted by Crippen LogP contribution is -2.41. The lowest BCUT2D eigenvalue weighted by molar-refractivity contribution is -0.119. The Bertz CT molecular complexity index is 978. The molecule has 0 radical (unpaired) electrons. The number of rotatable bonds is 9. The van der Waals surface area contributed by atoms with E-state index in [0.29, 0.717) is 29.1 Å². The molecule has 8 nitrogen and oxygen atoms in total. The number of nitrogens with one attached hydrogen (secondary N) is 1. The first-order chi connectivity index (χ1) is 14.8. The van der Waals surface area contributed by atoms with Crippen LogP contribution >= 0.6 is 11.8 Å². The molecule has 0 bridgehead atoms. The van der Waals surface area contributed by atoms with Gasteiger partial charge in [0.2, 0.25) is 15.9 Å². The number of carbonyl (C=O) groups excluding carboxylic acids is 1. The molecule has 1 saturated carbocycles. The Labute approximate surface area is 188 Å². The molecule has 31 heavy (non-hydrogen) atoms. The second-order valence-electron chi connectivity index (χ2n) is 7.97.